The lowest BCUT2D eigenvalue weighted by Gasteiger charge is -2.11. The molecule has 0 aliphatic rings. The fraction of sp³-hybridized carbons (Fsp3) is 0.214. The number of aromatic nitrogens is 2. The van der Waals surface area contributed by atoms with E-state index in [1.165, 1.54) is 18.5 Å². The fourth-order valence-corrected chi connectivity index (χ4v) is 2.58. The number of nitriles is 1. The maximum Gasteiger partial charge on any atom is 0.417 e. The molecule has 0 saturated heterocycles. The highest BCUT2D eigenvalue weighted by Crippen LogP contribution is 2.36. The predicted octanol–water partition coefficient (Wildman–Crippen LogP) is 4.22. The Kier molecular flexibility index (Phi) is 4.66. The number of rotatable bonds is 3. The van der Waals surface area contributed by atoms with Gasteiger partial charge < -0.3 is 0 Å². The van der Waals surface area contributed by atoms with Gasteiger partial charge in [0.25, 0.3) is 0 Å². The van der Waals surface area contributed by atoms with E-state index in [9.17, 15) is 17.6 Å². The molecule has 0 fully saturated rings. The van der Waals surface area contributed by atoms with E-state index in [2.05, 4.69) is 9.97 Å². The van der Waals surface area contributed by atoms with Gasteiger partial charge in [-0.2, -0.15) is 18.4 Å². The molecule has 0 bridgehead atoms. The maximum atomic E-state index is 14.0. The van der Waals surface area contributed by atoms with Crippen LogP contribution in [0.3, 0.4) is 0 Å². The van der Waals surface area contributed by atoms with Crippen molar-refractivity contribution in [2.45, 2.75) is 29.4 Å². The van der Waals surface area contributed by atoms with Gasteiger partial charge in [0, 0.05) is 4.90 Å². The summed E-state index contributed by atoms with van der Waals surface area (Å²) < 4.78 is 52.7. The van der Waals surface area contributed by atoms with Crippen molar-refractivity contribution in [1.29, 1.82) is 5.26 Å². The number of aryl methyl sites for hydroxylation is 1. The minimum atomic E-state index is -4.65. The van der Waals surface area contributed by atoms with Gasteiger partial charge in [0.2, 0.25) is 0 Å². The van der Waals surface area contributed by atoms with E-state index in [4.69, 9.17) is 5.26 Å². The summed E-state index contributed by atoms with van der Waals surface area (Å²) in [7, 11) is 0. The van der Waals surface area contributed by atoms with E-state index in [0.29, 0.717) is 6.42 Å². The smallest absolute Gasteiger partial charge is 0.238 e. The lowest BCUT2D eigenvalue weighted by atomic mass is 10.1. The molecule has 0 saturated carbocycles. The van der Waals surface area contributed by atoms with Crippen LogP contribution in [0, 0.1) is 17.1 Å². The summed E-state index contributed by atoms with van der Waals surface area (Å²) in [6, 6.07) is 4.70. The third-order valence-corrected chi connectivity index (χ3v) is 3.76. The highest BCUT2D eigenvalue weighted by atomic mass is 32.2. The Morgan fingerprint density at radius 1 is 1.27 bits per heavy atom. The van der Waals surface area contributed by atoms with Gasteiger partial charge in [-0.1, -0.05) is 18.7 Å². The van der Waals surface area contributed by atoms with Crippen LogP contribution in [0.2, 0.25) is 0 Å². The number of halogens is 4. The van der Waals surface area contributed by atoms with Crippen LogP contribution >= 0.6 is 11.8 Å². The number of nitrogens with zero attached hydrogens (tertiary/aromatic N) is 3. The summed E-state index contributed by atoms with van der Waals surface area (Å²) >= 11 is 0.758. The Morgan fingerprint density at radius 3 is 2.59 bits per heavy atom. The van der Waals surface area contributed by atoms with Crippen LogP contribution in [-0.4, -0.2) is 9.97 Å². The largest absolute Gasteiger partial charge is 0.417 e. The molecule has 0 N–H and O–H groups in total. The van der Waals surface area contributed by atoms with E-state index in [1.54, 1.807) is 6.92 Å². The quantitative estimate of drug-likeness (QED) is 0.625. The zero-order valence-corrected chi connectivity index (χ0v) is 12.1. The Labute approximate surface area is 128 Å². The molecule has 22 heavy (non-hydrogen) atoms. The number of hydrogen-bond acceptors (Lipinski definition) is 4. The van der Waals surface area contributed by atoms with Gasteiger partial charge in [0.1, 0.15) is 11.4 Å². The lowest BCUT2D eigenvalue weighted by molar-refractivity contribution is -0.137. The third-order valence-electron chi connectivity index (χ3n) is 2.80. The topological polar surface area (TPSA) is 49.6 Å². The van der Waals surface area contributed by atoms with Crippen LogP contribution in [0.25, 0.3) is 0 Å². The molecule has 0 aliphatic carbocycles. The summed E-state index contributed by atoms with van der Waals surface area (Å²) in [4.78, 5) is 7.65. The molecule has 0 aliphatic heterocycles. The maximum absolute atomic E-state index is 14.0. The van der Waals surface area contributed by atoms with E-state index >= 15 is 0 Å². The van der Waals surface area contributed by atoms with Crippen molar-refractivity contribution in [1.82, 2.24) is 9.97 Å². The van der Waals surface area contributed by atoms with E-state index < -0.39 is 23.1 Å². The van der Waals surface area contributed by atoms with Crippen LogP contribution < -0.4 is 0 Å². The van der Waals surface area contributed by atoms with Gasteiger partial charge in [-0.25, -0.2) is 14.4 Å². The second-order valence-corrected chi connectivity index (χ2v) is 5.27. The fourth-order valence-electron chi connectivity index (χ4n) is 1.74. The summed E-state index contributed by atoms with van der Waals surface area (Å²) in [5.41, 5.74) is -1.33. The summed E-state index contributed by atoms with van der Waals surface area (Å²) in [5.74, 6) is -0.645. The zero-order chi connectivity index (χ0) is 16.3. The molecule has 0 amide bonds. The van der Waals surface area contributed by atoms with Gasteiger partial charge in [0.05, 0.1) is 22.9 Å². The van der Waals surface area contributed by atoms with Crippen molar-refractivity contribution in [3.05, 3.63) is 47.2 Å². The molecule has 3 nitrogen and oxygen atoms in total. The number of benzene rings is 1. The first-order valence-electron chi connectivity index (χ1n) is 6.15. The molecular weight excluding hydrogens is 318 g/mol. The van der Waals surface area contributed by atoms with Crippen LogP contribution in [0.15, 0.2) is 34.4 Å². The Hall–Kier alpha value is -2.14. The van der Waals surface area contributed by atoms with Crippen molar-refractivity contribution in [2.75, 3.05) is 0 Å². The molecule has 0 spiro atoms. The first-order chi connectivity index (χ1) is 10.4. The minimum Gasteiger partial charge on any atom is -0.238 e. The highest BCUT2D eigenvalue weighted by molar-refractivity contribution is 7.99. The standard InChI is InChI=1S/C14H9F4N3S/c1-2-11-12(15)13(21-7-20-11)22-9-4-3-8(6-19)10(5-9)14(16,17)18/h3-5,7H,2H2,1H3. The van der Waals surface area contributed by atoms with Gasteiger partial charge in [-0.15, -0.1) is 0 Å². The van der Waals surface area contributed by atoms with Gasteiger partial charge >= 0.3 is 6.18 Å². The van der Waals surface area contributed by atoms with E-state index in [-0.39, 0.29) is 15.6 Å². The second-order valence-electron chi connectivity index (χ2n) is 4.21. The average Bonchev–Trinajstić information content (AvgIpc) is 2.48. The SMILES string of the molecule is CCc1ncnc(Sc2ccc(C#N)c(C(F)(F)F)c2)c1F. The molecule has 114 valence electrons. The van der Waals surface area contributed by atoms with Crippen LogP contribution in [0.4, 0.5) is 17.6 Å². The van der Waals surface area contributed by atoms with E-state index in [0.717, 1.165) is 23.9 Å². The molecular formula is C14H9F4N3S. The number of alkyl halides is 3. The van der Waals surface area contributed by atoms with Crippen LogP contribution in [-0.2, 0) is 12.6 Å². The number of hydrogen-bond donors (Lipinski definition) is 0. The molecule has 2 aromatic rings. The lowest BCUT2D eigenvalue weighted by Crippen LogP contribution is -2.08. The van der Waals surface area contributed by atoms with Crippen LogP contribution in [0.5, 0.6) is 0 Å². The van der Waals surface area contributed by atoms with Gasteiger partial charge in [-0.3, -0.25) is 0 Å². The molecule has 0 radical (unpaired) electrons. The van der Waals surface area contributed by atoms with Crippen molar-refractivity contribution in [3.63, 3.8) is 0 Å². The summed E-state index contributed by atoms with van der Waals surface area (Å²) in [6.45, 7) is 1.71. The molecule has 0 atom stereocenters. The zero-order valence-electron chi connectivity index (χ0n) is 11.3. The van der Waals surface area contributed by atoms with Gasteiger partial charge in [-0.05, 0) is 24.6 Å². The normalized spacial score (nSPS) is 11.3. The van der Waals surface area contributed by atoms with E-state index in [1.807, 2.05) is 0 Å². The predicted molar refractivity (Wildman–Crippen MR) is 71.7 cm³/mol. The molecule has 2 rings (SSSR count). The Morgan fingerprint density at radius 2 is 2.00 bits per heavy atom. The summed E-state index contributed by atoms with van der Waals surface area (Å²) in [5, 5.41) is 8.69. The van der Waals surface area contributed by atoms with Crippen molar-refractivity contribution in [3.8, 4) is 6.07 Å². The monoisotopic (exact) mass is 327 g/mol. The average molecular weight is 327 g/mol. The minimum absolute atomic E-state index is 0.0512. The molecule has 8 heteroatoms. The molecule has 1 heterocycles. The Balaban J connectivity index is 2.42. The molecule has 1 aromatic heterocycles. The highest BCUT2D eigenvalue weighted by Gasteiger charge is 2.34. The van der Waals surface area contributed by atoms with Crippen molar-refractivity contribution in [2.24, 2.45) is 0 Å². The molecule has 0 unspecified atom stereocenters. The second kappa shape index (κ2) is 6.32. The Bertz CT molecular complexity index is 738. The molecule has 1 aromatic carbocycles. The first kappa shape index (κ1) is 16.2. The van der Waals surface area contributed by atoms with Gasteiger partial charge in [0.15, 0.2) is 5.82 Å². The third kappa shape index (κ3) is 3.36. The van der Waals surface area contributed by atoms with Crippen molar-refractivity contribution >= 4 is 11.8 Å². The first-order valence-corrected chi connectivity index (χ1v) is 6.97. The van der Waals surface area contributed by atoms with Crippen molar-refractivity contribution < 1.29 is 17.6 Å². The van der Waals surface area contributed by atoms with Crippen LogP contribution in [0.1, 0.15) is 23.7 Å². The summed E-state index contributed by atoms with van der Waals surface area (Å²) in [6.07, 6.45) is -3.14.